The average Bonchev–Trinajstić information content (AvgIpc) is 2.80. The standard InChI is InChI=1S/C16H29N3S/c1-3-4-11-19-15(17)14(10-12-20-2)18-16(19)13-8-6-5-7-9-13/h13H,3-12,17H2,1-2H3. The van der Waals surface area contributed by atoms with E-state index in [-0.39, 0.29) is 0 Å². The van der Waals surface area contributed by atoms with E-state index in [9.17, 15) is 0 Å². The minimum Gasteiger partial charge on any atom is -0.384 e. The van der Waals surface area contributed by atoms with Gasteiger partial charge in [0, 0.05) is 18.9 Å². The summed E-state index contributed by atoms with van der Waals surface area (Å²) in [5.74, 6) is 3.98. The first kappa shape index (κ1) is 15.7. The van der Waals surface area contributed by atoms with Gasteiger partial charge in [0.25, 0.3) is 0 Å². The molecular weight excluding hydrogens is 266 g/mol. The first-order valence-corrected chi connectivity index (χ1v) is 9.51. The summed E-state index contributed by atoms with van der Waals surface area (Å²) < 4.78 is 2.33. The van der Waals surface area contributed by atoms with Crippen molar-refractivity contribution < 1.29 is 0 Å². The van der Waals surface area contributed by atoms with Crippen molar-refractivity contribution in [3.8, 4) is 0 Å². The molecule has 4 heteroatoms. The van der Waals surface area contributed by atoms with Crippen LogP contribution >= 0.6 is 11.8 Å². The molecule has 1 aromatic rings. The van der Waals surface area contributed by atoms with E-state index in [2.05, 4.69) is 17.7 Å². The molecule has 0 radical (unpaired) electrons. The Morgan fingerprint density at radius 3 is 2.70 bits per heavy atom. The van der Waals surface area contributed by atoms with Gasteiger partial charge in [0.2, 0.25) is 0 Å². The minimum atomic E-state index is 0.644. The Hall–Kier alpha value is -0.640. The summed E-state index contributed by atoms with van der Waals surface area (Å²) in [6, 6.07) is 0. The van der Waals surface area contributed by atoms with Crippen LogP contribution in [0.4, 0.5) is 5.82 Å². The molecule has 1 aliphatic carbocycles. The average molecular weight is 295 g/mol. The summed E-state index contributed by atoms with van der Waals surface area (Å²) in [7, 11) is 0. The van der Waals surface area contributed by atoms with Crippen molar-refractivity contribution in [1.29, 1.82) is 0 Å². The van der Waals surface area contributed by atoms with Gasteiger partial charge in [-0.05, 0) is 31.3 Å². The molecule has 1 aliphatic rings. The lowest BCUT2D eigenvalue weighted by Gasteiger charge is -2.22. The second-order valence-electron chi connectivity index (χ2n) is 5.88. The Morgan fingerprint density at radius 1 is 1.30 bits per heavy atom. The summed E-state index contributed by atoms with van der Waals surface area (Å²) in [6.45, 7) is 3.28. The highest BCUT2D eigenvalue weighted by molar-refractivity contribution is 7.98. The van der Waals surface area contributed by atoms with Gasteiger partial charge in [-0.2, -0.15) is 11.8 Å². The van der Waals surface area contributed by atoms with Crippen LogP contribution in [0, 0.1) is 0 Å². The van der Waals surface area contributed by atoms with Crippen LogP contribution in [0.3, 0.4) is 0 Å². The largest absolute Gasteiger partial charge is 0.384 e. The van der Waals surface area contributed by atoms with Crippen molar-refractivity contribution in [1.82, 2.24) is 9.55 Å². The normalized spacial score (nSPS) is 16.7. The van der Waals surface area contributed by atoms with E-state index in [4.69, 9.17) is 10.7 Å². The van der Waals surface area contributed by atoms with Crippen molar-refractivity contribution >= 4 is 17.6 Å². The number of anilines is 1. The van der Waals surface area contributed by atoms with E-state index >= 15 is 0 Å². The Bertz CT molecular complexity index is 408. The Labute approximate surface area is 127 Å². The van der Waals surface area contributed by atoms with Crippen LogP contribution in [0.15, 0.2) is 0 Å². The van der Waals surface area contributed by atoms with Crippen LogP contribution in [0.25, 0.3) is 0 Å². The zero-order valence-corrected chi connectivity index (χ0v) is 13.8. The van der Waals surface area contributed by atoms with Crippen LogP contribution in [0.5, 0.6) is 0 Å². The molecule has 0 aliphatic heterocycles. The summed E-state index contributed by atoms with van der Waals surface area (Å²) in [4.78, 5) is 4.95. The number of aromatic nitrogens is 2. The molecule has 0 saturated heterocycles. The number of nitrogen functional groups attached to an aromatic ring is 1. The molecule has 0 aromatic carbocycles. The Morgan fingerprint density at radius 2 is 2.05 bits per heavy atom. The molecule has 1 saturated carbocycles. The molecule has 0 amide bonds. The monoisotopic (exact) mass is 295 g/mol. The molecule has 0 spiro atoms. The van der Waals surface area contributed by atoms with E-state index in [0.717, 1.165) is 30.2 Å². The van der Waals surface area contributed by atoms with Crippen LogP contribution in [0.2, 0.25) is 0 Å². The van der Waals surface area contributed by atoms with Gasteiger partial charge in [0.05, 0.1) is 5.69 Å². The topological polar surface area (TPSA) is 43.8 Å². The van der Waals surface area contributed by atoms with Gasteiger partial charge in [0.15, 0.2) is 0 Å². The lowest BCUT2D eigenvalue weighted by molar-refractivity contribution is 0.413. The van der Waals surface area contributed by atoms with Gasteiger partial charge >= 0.3 is 0 Å². The van der Waals surface area contributed by atoms with Crippen LogP contribution < -0.4 is 5.73 Å². The minimum absolute atomic E-state index is 0.644. The predicted molar refractivity (Wildman–Crippen MR) is 89.5 cm³/mol. The molecule has 1 heterocycles. The zero-order valence-electron chi connectivity index (χ0n) is 13.0. The predicted octanol–water partition coefficient (Wildman–Crippen LogP) is 4.22. The van der Waals surface area contributed by atoms with Crippen LogP contribution in [-0.4, -0.2) is 21.6 Å². The fourth-order valence-corrected chi connectivity index (χ4v) is 3.54. The number of hydrogen-bond donors (Lipinski definition) is 1. The Balaban J connectivity index is 2.21. The smallest absolute Gasteiger partial charge is 0.126 e. The van der Waals surface area contributed by atoms with Gasteiger partial charge in [-0.1, -0.05) is 32.6 Å². The number of aryl methyl sites for hydroxylation is 1. The molecule has 114 valence electrons. The fourth-order valence-electron chi connectivity index (χ4n) is 3.14. The summed E-state index contributed by atoms with van der Waals surface area (Å²) in [5.41, 5.74) is 7.52. The number of nitrogens with two attached hydrogens (primary N) is 1. The summed E-state index contributed by atoms with van der Waals surface area (Å²) >= 11 is 1.87. The maximum absolute atomic E-state index is 6.38. The lowest BCUT2D eigenvalue weighted by atomic mass is 9.88. The van der Waals surface area contributed by atoms with E-state index in [0.29, 0.717) is 5.92 Å². The van der Waals surface area contributed by atoms with E-state index in [1.807, 2.05) is 11.8 Å². The molecule has 1 fully saturated rings. The van der Waals surface area contributed by atoms with Crippen molar-refractivity contribution in [2.45, 2.75) is 70.8 Å². The maximum atomic E-state index is 6.38. The van der Waals surface area contributed by atoms with E-state index in [1.165, 1.54) is 50.8 Å². The number of nitrogens with zero attached hydrogens (tertiary/aromatic N) is 2. The lowest BCUT2D eigenvalue weighted by Crippen LogP contribution is -2.14. The fraction of sp³-hybridized carbons (Fsp3) is 0.812. The summed E-state index contributed by atoms with van der Waals surface area (Å²) in [5, 5.41) is 0. The number of imidazole rings is 1. The first-order chi connectivity index (χ1) is 9.77. The van der Waals surface area contributed by atoms with Gasteiger partial charge in [0.1, 0.15) is 11.6 Å². The van der Waals surface area contributed by atoms with Crippen molar-refractivity contribution in [2.75, 3.05) is 17.7 Å². The third kappa shape index (κ3) is 3.72. The molecule has 0 unspecified atom stereocenters. The van der Waals surface area contributed by atoms with Crippen molar-refractivity contribution in [3.05, 3.63) is 11.5 Å². The number of unbranched alkanes of at least 4 members (excludes halogenated alkanes) is 1. The van der Waals surface area contributed by atoms with Gasteiger partial charge < -0.3 is 10.3 Å². The molecule has 2 rings (SSSR count). The second kappa shape index (κ2) is 7.96. The molecule has 0 bridgehead atoms. The highest BCUT2D eigenvalue weighted by Gasteiger charge is 2.23. The van der Waals surface area contributed by atoms with Gasteiger partial charge in [-0.25, -0.2) is 4.98 Å². The quantitative estimate of drug-likeness (QED) is 0.819. The zero-order chi connectivity index (χ0) is 14.4. The number of thioether (sulfide) groups is 1. The molecule has 2 N–H and O–H groups in total. The maximum Gasteiger partial charge on any atom is 0.126 e. The highest BCUT2D eigenvalue weighted by Crippen LogP contribution is 2.34. The van der Waals surface area contributed by atoms with Crippen molar-refractivity contribution in [2.24, 2.45) is 0 Å². The van der Waals surface area contributed by atoms with E-state index < -0.39 is 0 Å². The third-order valence-electron chi connectivity index (χ3n) is 4.36. The van der Waals surface area contributed by atoms with Gasteiger partial charge in [-0.15, -0.1) is 0 Å². The molecule has 0 atom stereocenters. The number of hydrogen-bond acceptors (Lipinski definition) is 3. The third-order valence-corrected chi connectivity index (χ3v) is 4.97. The number of rotatable bonds is 7. The molecule has 20 heavy (non-hydrogen) atoms. The van der Waals surface area contributed by atoms with Crippen molar-refractivity contribution in [3.63, 3.8) is 0 Å². The highest BCUT2D eigenvalue weighted by atomic mass is 32.2. The Kier molecular flexibility index (Phi) is 6.27. The molecule has 3 nitrogen and oxygen atoms in total. The second-order valence-corrected chi connectivity index (χ2v) is 6.87. The SMILES string of the molecule is CCCCn1c(C2CCCCC2)nc(CCSC)c1N. The van der Waals surface area contributed by atoms with Crippen LogP contribution in [-0.2, 0) is 13.0 Å². The van der Waals surface area contributed by atoms with Gasteiger partial charge in [-0.3, -0.25) is 0 Å². The van der Waals surface area contributed by atoms with E-state index in [1.54, 1.807) is 0 Å². The first-order valence-electron chi connectivity index (χ1n) is 8.11. The summed E-state index contributed by atoms with van der Waals surface area (Å²) in [6.07, 6.45) is 12.2. The molecule has 1 aromatic heterocycles. The van der Waals surface area contributed by atoms with Crippen LogP contribution in [0.1, 0.15) is 69.3 Å². The molecular formula is C16H29N3S.